The van der Waals surface area contributed by atoms with Crippen molar-refractivity contribution in [2.75, 3.05) is 5.43 Å². The van der Waals surface area contributed by atoms with Crippen LogP contribution >= 0.6 is 0 Å². The van der Waals surface area contributed by atoms with E-state index in [0.717, 1.165) is 33.3 Å². The lowest BCUT2D eigenvalue weighted by Crippen LogP contribution is -1.96. The number of fused-ring (bicyclic) bond motifs is 3. The zero-order valence-corrected chi connectivity index (χ0v) is 10.9. The van der Waals surface area contributed by atoms with E-state index in [2.05, 4.69) is 32.6 Å². The van der Waals surface area contributed by atoms with Crippen LogP contribution in [0.2, 0.25) is 0 Å². The summed E-state index contributed by atoms with van der Waals surface area (Å²) in [5, 5.41) is 6.34. The van der Waals surface area contributed by atoms with Gasteiger partial charge in [0.1, 0.15) is 5.82 Å². The van der Waals surface area contributed by atoms with E-state index in [9.17, 15) is 0 Å². The molecule has 1 aromatic carbocycles. The lowest BCUT2D eigenvalue weighted by Gasteiger charge is -2.05. The highest BCUT2D eigenvalue weighted by atomic mass is 15.3. The smallest absolute Gasteiger partial charge is 0.146 e. The Morgan fingerprint density at radius 2 is 1.74 bits per heavy atom. The lowest BCUT2D eigenvalue weighted by molar-refractivity contribution is 1.24. The van der Waals surface area contributed by atoms with Gasteiger partial charge in [0.15, 0.2) is 0 Å². The van der Waals surface area contributed by atoms with Gasteiger partial charge in [-0.25, -0.2) is 4.98 Å². The number of anilines is 1. The molecule has 4 nitrogen and oxygen atoms in total. The Hall–Kier alpha value is -2.49. The minimum Gasteiger partial charge on any atom is -0.261 e. The van der Waals surface area contributed by atoms with Crippen LogP contribution in [0, 0.1) is 0 Å². The number of hydrogen-bond acceptors (Lipinski definition) is 4. The second-order valence-electron chi connectivity index (χ2n) is 4.58. The molecule has 0 amide bonds. The fourth-order valence-corrected chi connectivity index (χ4v) is 1.96. The van der Waals surface area contributed by atoms with Gasteiger partial charge in [-0.15, -0.1) is 0 Å². The average molecular weight is 250 g/mol. The fraction of sp³-hybridized carbons (Fsp3) is 0.133. The van der Waals surface area contributed by atoms with E-state index in [-0.39, 0.29) is 0 Å². The summed E-state index contributed by atoms with van der Waals surface area (Å²) >= 11 is 0. The van der Waals surface area contributed by atoms with Crippen molar-refractivity contribution in [3.05, 3.63) is 42.6 Å². The minimum atomic E-state index is 0.729. The minimum absolute atomic E-state index is 0.729. The van der Waals surface area contributed by atoms with Crippen molar-refractivity contribution in [2.24, 2.45) is 5.10 Å². The molecule has 94 valence electrons. The van der Waals surface area contributed by atoms with Crippen molar-refractivity contribution in [2.45, 2.75) is 13.8 Å². The molecule has 19 heavy (non-hydrogen) atoms. The molecule has 0 aliphatic carbocycles. The number of rotatable bonds is 2. The Morgan fingerprint density at radius 3 is 2.53 bits per heavy atom. The fourth-order valence-electron chi connectivity index (χ4n) is 1.96. The summed E-state index contributed by atoms with van der Waals surface area (Å²) in [5.74, 6) is 0.729. The van der Waals surface area contributed by atoms with E-state index in [1.165, 1.54) is 0 Å². The van der Waals surface area contributed by atoms with Crippen LogP contribution in [0.25, 0.3) is 21.8 Å². The van der Waals surface area contributed by atoms with Crippen molar-refractivity contribution < 1.29 is 0 Å². The molecular formula is C15H14N4. The van der Waals surface area contributed by atoms with Gasteiger partial charge in [0.05, 0.1) is 11.0 Å². The van der Waals surface area contributed by atoms with E-state index in [1.807, 2.05) is 38.1 Å². The van der Waals surface area contributed by atoms with E-state index >= 15 is 0 Å². The summed E-state index contributed by atoms with van der Waals surface area (Å²) in [4.78, 5) is 9.01. The molecule has 2 heterocycles. The molecule has 1 N–H and O–H groups in total. The van der Waals surface area contributed by atoms with Crippen molar-refractivity contribution in [3.8, 4) is 0 Å². The third-order valence-electron chi connectivity index (χ3n) is 2.83. The summed E-state index contributed by atoms with van der Waals surface area (Å²) < 4.78 is 0. The van der Waals surface area contributed by atoms with Crippen LogP contribution in [0.5, 0.6) is 0 Å². The highest BCUT2D eigenvalue weighted by molar-refractivity contribution is 6.03. The van der Waals surface area contributed by atoms with Crippen molar-refractivity contribution in [1.82, 2.24) is 9.97 Å². The maximum atomic E-state index is 4.59. The maximum absolute atomic E-state index is 4.59. The maximum Gasteiger partial charge on any atom is 0.146 e. The third-order valence-corrected chi connectivity index (χ3v) is 2.83. The predicted molar refractivity (Wildman–Crippen MR) is 79.4 cm³/mol. The van der Waals surface area contributed by atoms with Crippen molar-refractivity contribution in [1.29, 1.82) is 0 Å². The SMILES string of the molecule is CC(C)=NNc1ccc2ccc3cccnc3c2n1. The molecule has 0 atom stereocenters. The third kappa shape index (κ3) is 2.25. The van der Waals surface area contributed by atoms with Gasteiger partial charge in [-0.05, 0) is 32.0 Å². The first-order valence-electron chi connectivity index (χ1n) is 6.15. The Morgan fingerprint density at radius 1 is 1.00 bits per heavy atom. The molecule has 3 aromatic rings. The largest absolute Gasteiger partial charge is 0.261 e. The van der Waals surface area contributed by atoms with Crippen LogP contribution in [0.1, 0.15) is 13.8 Å². The lowest BCUT2D eigenvalue weighted by atomic mass is 10.1. The first-order chi connectivity index (χ1) is 9.24. The van der Waals surface area contributed by atoms with Gasteiger partial charge in [-0.1, -0.05) is 18.2 Å². The summed E-state index contributed by atoms with van der Waals surface area (Å²) in [6, 6.07) is 12.0. The molecule has 4 heteroatoms. The van der Waals surface area contributed by atoms with Crippen molar-refractivity contribution >= 4 is 33.3 Å². The Kier molecular flexibility index (Phi) is 2.83. The van der Waals surface area contributed by atoms with Crippen molar-refractivity contribution in [3.63, 3.8) is 0 Å². The summed E-state index contributed by atoms with van der Waals surface area (Å²) in [5.41, 5.74) is 5.72. The van der Waals surface area contributed by atoms with Crippen LogP contribution in [0.3, 0.4) is 0 Å². The van der Waals surface area contributed by atoms with Crippen LogP contribution in [-0.2, 0) is 0 Å². The first kappa shape index (κ1) is 11.6. The van der Waals surface area contributed by atoms with Gasteiger partial charge < -0.3 is 0 Å². The molecule has 0 spiro atoms. The quantitative estimate of drug-likeness (QED) is 0.429. The second-order valence-corrected chi connectivity index (χ2v) is 4.58. The molecule has 0 aliphatic rings. The van der Waals surface area contributed by atoms with E-state index in [0.29, 0.717) is 0 Å². The van der Waals surface area contributed by atoms with E-state index in [1.54, 1.807) is 6.20 Å². The standard InChI is InChI=1S/C15H14N4/c1-10(2)18-19-13-8-7-12-6-5-11-4-3-9-16-14(11)15(12)17-13/h3-9H,1-2H3,(H,17,19). The summed E-state index contributed by atoms with van der Waals surface area (Å²) in [6.45, 7) is 3.87. The number of benzene rings is 1. The van der Waals surface area contributed by atoms with Gasteiger partial charge in [0.2, 0.25) is 0 Å². The first-order valence-corrected chi connectivity index (χ1v) is 6.15. The Balaban J connectivity index is 2.19. The number of pyridine rings is 2. The molecule has 0 saturated heterocycles. The number of hydrazone groups is 1. The van der Waals surface area contributed by atoms with Gasteiger partial charge in [0, 0.05) is 22.7 Å². The van der Waals surface area contributed by atoms with Gasteiger partial charge in [-0.2, -0.15) is 5.10 Å². The number of aromatic nitrogens is 2. The molecule has 3 rings (SSSR count). The monoisotopic (exact) mass is 250 g/mol. The summed E-state index contributed by atoms with van der Waals surface area (Å²) in [7, 11) is 0. The second kappa shape index (κ2) is 4.65. The van der Waals surface area contributed by atoms with Crippen LogP contribution in [0.15, 0.2) is 47.7 Å². The van der Waals surface area contributed by atoms with Gasteiger partial charge in [0.25, 0.3) is 0 Å². The zero-order valence-electron chi connectivity index (χ0n) is 10.9. The Bertz CT molecular complexity index is 773. The van der Waals surface area contributed by atoms with Gasteiger partial charge >= 0.3 is 0 Å². The summed E-state index contributed by atoms with van der Waals surface area (Å²) in [6.07, 6.45) is 1.79. The highest BCUT2D eigenvalue weighted by Gasteiger charge is 2.03. The number of nitrogens with one attached hydrogen (secondary N) is 1. The van der Waals surface area contributed by atoms with Gasteiger partial charge in [-0.3, -0.25) is 10.4 Å². The molecule has 2 aromatic heterocycles. The molecular weight excluding hydrogens is 236 g/mol. The number of nitrogens with zero attached hydrogens (tertiary/aromatic N) is 3. The Labute approximate surface area is 111 Å². The molecule has 0 saturated carbocycles. The normalized spacial score (nSPS) is 10.6. The van der Waals surface area contributed by atoms with Crippen LogP contribution < -0.4 is 5.43 Å². The topological polar surface area (TPSA) is 50.2 Å². The molecule has 0 unspecified atom stereocenters. The van der Waals surface area contributed by atoms with E-state index < -0.39 is 0 Å². The van der Waals surface area contributed by atoms with Crippen LogP contribution in [0.4, 0.5) is 5.82 Å². The van der Waals surface area contributed by atoms with E-state index in [4.69, 9.17) is 0 Å². The molecule has 0 bridgehead atoms. The molecule has 0 aliphatic heterocycles. The molecule has 0 radical (unpaired) electrons. The highest BCUT2D eigenvalue weighted by Crippen LogP contribution is 2.23. The molecule has 0 fully saturated rings. The van der Waals surface area contributed by atoms with Crippen LogP contribution in [-0.4, -0.2) is 15.7 Å². The predicted octanol–water partition coefficient (Wildman–Crippen LogP) is 3.59. The number of hydrogen-bond donors (Lipinski definition) is 1. The average Bonchev–Trinajstić information content (AvgIpc) is 2.44. The zero-order chi connectivity index (χ0) is 13.2.